The van der Waals surface area contributed by atoms with Gasteiger partial charge in [-0.1, -0.05) is 0 Å². The summed E-state index contributed by atoms with van der Waals surface area (Å²) in [4.78, 5) is 21.6. The molecule has 1 saturated heterocycles. The smallest absolute Gasteiger partial charge is 0.221 e. The minimum atomic E-state index is -0.303. The maximum Gasteiger partial charge on any atom is 0.221 e. The van der Waals surface area contributed by atoms with E-state index in [0.29, 0.717) is 19.5 Å². The van der Waals surface area contributed by atoms with Gasteiger partial charge in [0.1, 0.15) is 0 Å². The minimum Gasteiger partial charge on any atom is -0.369 e. The second-order valence-electron chi connectivity index (χ2n) is 3.39. The van der Waals surface area contributed by atoms with Crippen LogP contribution in [0.25, 0.3) is 0 Å². The van der Waals surface area contributed by atoms with Gasteiger partial charge >= 0.3 is 0 Å². The quantitative estimate of drug-likeness (QED) is 0.494. The van der Waals surface area contributed by atoms with Crippen molar-refractivity contribution in [1.29, 1.82) is 0 Å². The molecule has 1 aliphatic heterocycles. The van der Waals surface area contributed by atoms with E-state index in [2.05, 4.69) is 10.6 Å². The Kier molecular flexibility index (Phi) is 3.25. The molecule has 1 aliphatic rings. The Labute approximate surface area is 77.1 Å². The number of hydrogen-bond donors (Lipinski definition) is 3. The predicted molar refractivity (Wildman–Crippen MR) is 47.8 cm³/mol. The van der Waals surface area contributed by atoms with Gasteiger partial charge in [0.15, 0.2) is 0 Å². The van der Waals surface area contributed by atoms with Crippen molar-refractivity contribution in [2.75, 3.05) is 13.1 Å². The van der Waals surface area contributed by atoms with Gasteiger partial charge in [0.25, 0.3) is 0 Å². The molecule has 5 nitrogen and oxygen atoms in total. The monoisotopic (exact) mass is 185 g/mol. The molecule has 0 spiro atoms. The lowest BCUT2D eigenvalue weighted by Gasteiger charge is -2.28. The molecule has 1 heterocycles. The van der Waals surface area contributed by atoms with Crippen LogP contribution in [0, 0.1) is 5.92 Å². The Bertz CT molecular complexity index is 217. The summed E-state index contributed by atoms with van der Waals surface area (Å²) in [6.45, 7) is 2.79. The Morgan fingerprint density at radius 3 is 2.69 bits per heavy atom. The number of amides is 2. The molecule has 1 rings (SSSR count). The van der Waals surface area contributed by atoms with Crippen LogP contribution in [-0.2, 0) is 9.59 Å². The third kappa shape index (κ3) is 3.02. The summed E-state index contributed by atoms with van der Waals surface area (Å²) in [5.41, 5.74) is 5.17. The minimum absolute atomic E-state index is 0.0312. The van der Waals surface area contributed by atoms with Crippen molar-refractivity contribution in [3.63, 3.8) is 0 Å². The molecule has 4 N–H and O–H groups in total. The summed E-state index contributed by atoms with van der Waals surface area (Å²) in [5, 5.41) is 5.81. The van der Waals surface area contributed by atoms with Crippen LogP contribution in [0.2, 0.25) is 0 Å². The van der Waals surface area contributed by atoms with Crippen molar-refractivity contribution in [1.82, 2.24) is 10.6 Å². The Morgan fingerprint density at radius 2 is 2.15 bits per heavy atom. The van der Waals surface area contributed by atoms with Gasteiger partial charge in [0.05, 0.1) is 5.92 Å². The van der Waals surface area contributed by atoms with Crippen LogP contribution in [0.1, 0.15) is 13.3 Å². The van der Waals surface area contributed by atoms with E-state index >= 15 is 0 Å². The summed E-state index contributed by atoms with van der Waals surface area (Å²) in [6, 6.07) is 0.0312. The fourth-order valence-corrected chi connectivity index (χ4v) is 1.56. The van der Waals surface area contributed by atoms with Crippen molar-refractivity contribution in [2.45, 2.75) is 19.4 Å². The number of carbonyl (C=O) groups is 2. The van der Waals surface area contributed by atoms with Crippen molar-refractivity contribution in [2.24, 2.45) is 11.7 Å². The third-order valence-corrected chi connectivity index (χ3v) is 2.16. The van der Waals surface area contributed by atoms with Crippen LogP contribution in [-0.4, -0.2) is 30.9 Å². The summed E-state index contributed by atoms with van der Waals surface area (Å²) in [5.74, 6) is -0.537. The second-order valence-corrected chi connectivity index (χ2v) is 3.39. The van der Waals surface area contributed by atoms with Gasteiger partial charge in [-0.25, -0.2) is 0 Å². The highest BCUT2D eigenvalue weighted by atomic mass is 16.2. The van der Waals surface area contributed by atoms with E-state index in [-0.39, 0.29) is 23.8 Å². The molecule has 0 unspecified atom stereocenters. The average Bonchev–Trinajstić information content (AvgIpc) is 2.03. The van der Waals surface area contributed by atoms with E-state index in [9.17, 15) is 9.59 Å². The van der Waals surface area contributed by atoms with E-state index in [4.69, 9.17) is 5.73 Å². The first-order chi connectivity index (χ1) is 6.09. The second kappa shape index (κ2) is 4.23. The molecule has 0 aromatic carbocycles. The molecule has 5 heteroatoms. The number of carbonyl (C=O) groups excluding carboxylic acids is 2. The molecule has 2 atom stereocenters. The van der Waals surface area contributed by atoms with Gasteiger partial charge in [-0.3, -0.25) is 9.59 Å². The number of rotatable bonds is 2. The first-order valence-electron chi connectivity index (χ1n) is 4.36. The summed E-state index contributed by atoms with van der Waals surface area (Å²) in [7, 11) is 0. The first kappa shape index (κ1) is 9.98. The van der Waals surface area contributed by atoms with Crippen LogP contribution in [0.15, 0.2) is 0 Å². The molecule has 0 aliphatic carbocycles. The molecule has 0 radical (unpaired) electrons. The van der Waals surface area contributed by atoms with Crippen molar-refractivity contribution in [3.8, 4) is 0 Å². The van der Waals surface area contributed by atoms with E-state index in [1.54, 1.807) is 0 Å². The van der Waals surface area contributed by atoms with Crippen molar-refractivity contribution in [3.05, 3.63) is 0 Å². The topological polar surface area (TPSA) is 84.2 Å². The first-order valence-corrected chi connectivity index (χ1v) is 4.36. The molecular weight excluding hydrogens is 170 g/mol. The number of nitrogens with two attached hydrogens (primary N) is 1. The zero-order valence-electron chi connectivity index (χ0n) is 7.67. The molecular formula is C8H15N3O2. The molecule has 13 heavy (non-hydrogen) atoms. The SMILES string of the molecule is CC(=O)N[C@@H]1CNC[C@@H](C(N)=O)C1. The van der Waals surface area contributed by atoms with Gasteiger partial charge in [0, 0.05) is 26.1 Å². The number of nitrogens with one attached hydrogen (secondary N) is 2. The van der Waals surface area contributed by atoms with E-state index in [1.807, 2.05) is 0 Å². The fourth-order valence-electron chi connectivity index (χ4n) is 1.56. The summed E-state index contributed by atoms with van der Waals surface area (Å²) in [6.07, 6.45) is 0.641. The molecule has 0 aromatic heterocycles. The van der Waals surface area contributed by atoms with Crippen molar-refractivity contribution < 1.29 is 9.59 Å². The zero-order chi connectivity index (χ0) is 9.84. The highest BCUT2D eigenvalue weighted by Gasteiger charge is 2.25. The van der Waals surface area contributed by atoms with Gasteiger partial charge in [-0.15, -0.1) is 0 Å². The summed E-state index contributed by atoms with van der Waals surface area (Å²) < 4.78 is 0. The van der Waals surface area contributed by atoms with Gasteiger partial charge in [0.2, 0.25) is 11.8 Å². The fraction of sp³-hybridized carbons (Fsp3) is 0.750. The number of primary amides is 1. The van der Waals surface area contributed by atoms with E-state index in [1.165, 1.54) is 6.92 Å². The van der Waals surface area contributed by atoms with Gasteiger partial charge in [-0.2, -0.15) is 0 Å². The molecule has 0 bridgehead atoms. The van der Waals surface area contributed by atoms with E-state index in [0.717, 1.165) is 0 Å². The lowest BCUT2D eigenvalue weighted by atomic mass is 9.95. The maximum absolute atomic E-state index is 10.9. The van der Waals surface area contributed by atoms with Crippen LogP contribution in [0.3, 0.4) is 0 Å². The van der Waals surface area contributed by atoms with Gasteiger partial charge in [-0.05, 0) is 6.42 Å². The number of piperidine rings is 1. The number of hydrogen-bond acceptors (Lipinski definition) is 3. The lowest BCUT2D eigenvalue weighted by Crippen LogP contribution is -2.51. The molecule has 0 saturated carbocycles. The standard InChI is InChI=1S/C8H15N3O2/c1-5(12)11-7-2-6(8(9)13)3-10-4-7/h6-7,10H,2-4H2,1H3,(H2,9,13)(H,11,12)/t6-,7-/m0/s1. The normalized spacial score (nSPS) is 28.1. The van der Waals surface area contributed by atoms with Crippen LogP contribution >= 0.6 is 0 Å². The average molecular weight is 185 g/mol. The van der Waals surface area contributed by atoms with Gasteiger partial charge < -0.3 is 16.4 Å². The molecule has 2 amide bonds. The largest absolute Gasteiger partial charge is 0.369 e. The Morgan fingerprint density at radius 1 is 1.46 bits per heavy atom. The Hall–Kier alpha value is -1.10. The predicted octanol–water partition coefficient (Wildman–Crippen LogP) is -1.41. The van der Waals surface area contributed by atoms with E-state index < -0.39 is 0 Å². The van der Waals surface area contributed by atoms with Crippen LogP contribution in [0.5, 0.6) is 0 Å². The van der Waals surface area contributed by atoms with Crippen LogP contribution in [0.4, 0.5) is 0 Å². The highest BCUT2D eigenvalue weighted by molar-refractivity contribution is 5.77. The van der Waals surface area contributed by atoms with Crippen LogP contribution < -0.4 is 16.4 Å². The van der Waals surface area contributed by atoms with Crippen molar-refractivity contribution >= 4 is 11.8 Å². The maximum atomic E-state index is 10.9. The molecule has 0 aromatic rings. The third-order valence-electron chi connectivity index (χ3n) is 2.16. The highest BCUT2D eigenvalue weighted by Crippen LogP contribution is 2.09. The molecule has 74 valence electrons. The summed E-state index contributed by atoms with van der Waals surface area (Å²) >= 11 is 0. The molecule has 1 fully saturated rings. The zero-order valence-corrected chi connectivity index (χ0v) is 7.67. The lowest BCUT2D eigenvalue weighted by molar-refractivity contribution is -0.124. The Balaban J connectivity index is 2.41.